The summed E-state index contributed by atoms with van der Waals surface area (Å²) in [6.45, 7) is 4.72. The van der Waals surface area contributed by atoms with Gasteiger partial charge in [0.05, 0.1) is 5.92 Å². The Hall–Kier alpha value is -1.36. The number of carbonyl (C=O) groups is 2. The Labute approximate surface area is 139 Å². The molecule has 0 bridgehead atoms. The van der Waals surface area contributed by atoms with Crippen LogP contribution in [0.1, 0.15) is 38.7 Å². The van der Waals surface area contributed by atoms with Crippen molar-refractivity contribution in [1.29, 1.82) is 0 Å². The molecule has 0 unspecified atom stereocenters. The van der Waals surface area contributed by atoms with Crippen LogP contribution >= 0.6 is 15.9 Å². The van der Waals surface area contributed by atoms with E-state index >= 15 is 0 Å². The third-order valence-electron chi connectivity index (χ3n) is 4.48. The summed E-state index contributed by atoms with van der Waals surface area (Å²) in [5.74, 6) is -1.34. The van der Waals surface area contributed by atoms with Crippen LogP contribution in [0.4, 0.5) is 0 Å². The average Bonchev–Trinajstić information content (AvgIpc) is 2.95. The first-order valence-corrected chi connectivity index (χ1v) is 8.35. The number of hydrogen-bond acceptors (Lipinski definition) is 2. The molecule has 2 atom stereocenters. The molecule has 1 aromatic rings. The summed E-state index contributed by atoms with van der Waals surface area (Å²) in [5, 5.41) is 12.0. The van der Waals surface area contributed by atoms with E-state index in [0.717, 1.165) is 10.0 Å². The molecule has 1 aromatic carbocycles. The van der Waals surface area contributed by atoms with Crippen LogP contribution in [0.25, 0.3) is 0 Å². The Kier molecular flexibility index (Phi) is 5.27. The zero-order chi connectivity index (χ0) is 16.3. The van der Waals surface area contributed by atoms with E-state index in [1.54, 1.807) is 0 Å². The molecule has 1 amide bonds. The lowest BCUT2D eigenvalue weighted by Crippen LogP contribution is -2.39. The first-order chi connectivity index (χ1) is 10.3. The number of nitrogens with one attached hydrogen (secondary N) is 1. The van der Waals surface area contributed by atoms with E-state index in [1.807, 2.05) is 24.3 Å². The molecule has 4 nitrogen and oxygen atoms in total. The number of rotatable bonds is 5. The second-order valence-corrected chi connectivity index (χ2v) is 7.57. The van der Waals surface area contributed by atoms with E-state index in [-0.39, 0.29) is 23.2 Å². The van der Waals surface area contributed by atoms with Crippen molar-refractivity contribution in [1.82, 2.24) is 5.32 Å². The van der Waals surface area contributed by atoms with Crippen molar-refractivity contribution < 1.29 is 14.7 Å². The largest absolute Gasteiger partial charge is 0.481 e. The maximum atomic E-state index is 12.2. The number of halogens is 1. The highest BCUT2D eigenvalue weighted by molar-refractivity contribution is 9.10. The number of benzene rings is 1. The van der Waals surface area contributed by atoms with E-state index in [0.29, 0.717) is 25.8 Å². The number of carboxylic acids is 1. The van der Waals surface area contributed by atoms with Crippen LogP contribution in [-0.2, 0) is 15.0 Å². The van der Waals surface area contributed by atoms with Gasteiger partial charge in [0.1, 0.15) is 0 Å². The predicted molar refractivity (Wildman–Crippen MR) is 88.6 cm³/mol. The van der Waals surface area contributed by atoms with Gasteiger partial charge in [0, 0.05) is 22.4 Å². The molecule has 0 aromatic heterocycles. The van der Waals surface area contributed by atoms with Gasteiger partial charge in [0.2, 0.25) is 5.91 Å². The van der Waals surface area contributed by atoms with E-state index in [2.05, 4.69) is 35.1 Å². The van der Waals surface area contributed by atoms with Crippen molar-refractivity contribution in [3.63, 3.8) is 0 Å². The topological polar surface area (TPSA) is 66.4 Å². The summed E-state index contributed by atoms with van der Waals surface area (Å²) in [6, 6.07) is 8.08. The summed E-state index contributed by atoms with van der Waals surface area (Å²) >= 11 is 3.42. The standard InChI is InChI=1S/C17H22BrNO3/c1-17(2,13-5-7-14(18)8-6-13)10-19-15(20)11-3-4-12(9-11)16(21)22/h5-8,11-12H,3-4,9-10H2,1-2H3,(H,19,20)(H,21,22)/t11-,12+/m1/s1. The van der Waals surface area contributed by atoms with Crippen molar-refractivity contribution in [3.8, 4) is 0 Å². The van der Waals surface area contributed by atoms with Crippen LogP contribution < -0.4 is 5.32 Å². The minimum Gasteiger partial charge on any atom is -0.481 e. The zero-order valence-electron chi connectivity index (χ0n) is 12.9. The van der Waals surface area contributed by atoms with Crippen LogP contribution in [0.15, 0.2) is 28.7 Å². The molecule has 0 radical (unpaired) electrons. The summed E-state index contributed by atoms with van der Waals surface area (Å²) < 4.78 is 1.03. The number of carboxylic acid groups (broad SMARTS) is 1. The van der Waals surface area contributed by atoms with Gasteiger partial charge in [0.15, 0.2) is 0 Å². The Balaban J connectivity index is 1.90. The minimum absolute atomic E-state index is 0.0195. The lowest BCUT2D eigenvalue weighted by molar-refractivity contribution is -0.141. The van der Waals surface area contributed by atoms with Crippen molar-refractivity contribution in [2.45, 2.75) is 38.5 Å². The SMILES string of the molecule is CC(C)(CNC(=O)[C@@H]1CC[C@H](C(=O)O)C1)c1ccc(Br)cc1. The highest BCUT2D eigenvalue weighted by atomic mass is 79.9. The fourth-order valence-electron chi connectivity index (χ4n) is 2.90. The van der Waals surface area contributed by atoms with Crippen LogP contribution in [0.2, 0.25) is 0 Å². The molecule has 120 valence electrons. The minimum atomic E-state index is -0.787. The van der Waals surface area contributed by atoms with Crippen molar-refractivity contribution in [2.24, 2.45) is 11.8 Å². The normalized spacial score (nSPS) is 21.6. The summed E-state index contributed by atoms with van der Waals surface area (Å²) in [6.07, 6.45) is 1.73. The Morgan fingerprint density at radius 3 is 2.36 bits per heavy atom. The summed E-state index contributed by atoms with van der Waals surface area (Å²) in [7, 11) is 0. The fraction of sp³-hybridized carbons (Fsp3) is 0.529. The lowest BCUT2D eigenvalue weighted by atomic mass is 9.84. The third-order valence-corrected chi connectivity index (χ3v) is 5.01. The highest BCUT2D eigenvalue weighted by Crippen LogP contribution is 2.31. The first kappa shape index (κ1) is 17.0. The summed E-state index contributed by atoms with van der Waals surface area (Å²) in [5.41, 5.74) is 0.993. The second-order valence-electron chi connectivity index (χ2n) is 6.65. The average molecular weight is 368 g/mol. The quantitative estimate of drug-likeness (QED) is 0.838. The van der Waals surface area contributed by atoms with Crippen molar-refractivity contribution >= 4 is 27.8 Å². The number of carbonyl (C=O) groups excluding carboxylic acids is 1. The third kappa shape index (κ3) is 4.09. The van der Waals surface area contributed by atoms with E-state index in [4.69, 9.17) is 5.11 Å². The zero-order valence-corrected chi connectivity index (χ0v) is 14.5. The maximum absolute atomic E-state index is 12.2. The first-order valence-electron chi connectivity index (χ1n) is 7.56. The van der Waals surface area contributed by atoms with Gasteiger partial charge in [-0.25, -0.2) is 0 Å². The van der Waals surface area contributed by atoms with Gasteiger partial charge in [-0.2, -0.15) is 0 Å². The highest BCUT2D eigenvalue weighted by Gasteiger charge is 2.34. The van der Waals surface area contributed by atoms with Gasteiger partial charge in [-0.05, 0) is 37.0 Å². The van der Waals surface area contributed by atoms with Crippen LogP contribution in [0.5, 0.6) is 0 Å². The summed E-state index contributed by atoms with van der Waals surface area (Å²) in [4.78, 5) is 23.2. The molecule has 5 heteroatoms. The van der Waals surface area contributed by atoms with Crippen LogP contribution in [0.3, 0.4) is 0 Å². The van der Waals surface area contributed by atoms with Gasteiger partial charge in [-0.3, -0.25) is 9.59 Å². The molecular formula is C17H22BrNO3. The predicted octanol–water partition coefficient (Wildman–Crippen LogP) is 3.34. The molecule has 22 heavy (non-hydrogen) atoms. The number of hydrogen-bond donors (Lipinski definition) is 2. The Morgan fingerprint density at radius 2 is 1.82 bits per heavy atom. The van der Waals surface area contributed by atoms with E-state index in [9.17, 15) is 9.59 Å². The molecule has 0 saturated heterocycles. The Morgan fingerprint density at radius 1 is 1.23 bits per heavy atom. The van der Waals surface area contributed by atoms with Gasteiger partial charge in [-0.1, -0.05) is 41.9 Å². The molecular weight excluding hydrogens is 346 g/mol. The molecule has 0 heterocycles. The molecule has 2 rings (SSSR count). The molecule has 2 N–H and O–H groups in total. The molecule has 1 fully saturated rings. The Bertz CT molecular complexity index is 554. The van der Waals surface area contributed by atoms with Gasteiger partial charge >= 0.3 is 5.97 Å². The monoisotopic (exact) mass is 367 g/mol. The molecule has 1 saturated carbocycles. The fourth-order valence-corrected chi connectivity index (χ4v) is 3.16. The number of aliphatic carboxylic acids is 1. The molecule has 1 aliphatic rings. The van der Waals surface area contributed by atoms with Crippen LogP contribution in [-0.4, -0.2) is 23.5 Å². The van der Waals surface area contributed by atoms with Gasteiger partial charge in [-0.15, -0.1) is 0 Å². The van der Waals surface area contributed by atoms with Gasteiger partial charge in [0.25, 0.3) is 0 Å². The lowest BCUT2D eigenvalue weighted by Gasteiger charge is -2.26. The second kappa shape index (κ2) is 6.82. The molecule has 0 aliphatic heterocycles. The van der Waals surface area contributed by atoms with Crippen molar-refractivity contribution in [2.75, 3.05) is 6.54 Å². The van der Waals surface area contributed by atoms with Crippen molar-refractivity contribution in [3.05, 3.63) is 34.3 Å². The maximum Gasteiger partial charge on any atom is 0.306 e. The van der Waals surface area contributed by atoms with E-state index in [1.165, 1.54) is 0 Å². The molecule has 1 aliphatic carbocycles. The smallest absolute Gasteiger partial charge is 0.306 e. The number of amides is 1. The van der Waals surface area contributed by atoms with Crippen LogP contribution in [0, 0.1) is 11.8 Å². The van der Waals surface area contributed by atoms with Gasteiger partial charge < -0.3 is 10.4 Å². The molecule has 0 spiro atoms. The van der Waals surface area contributed by atoms with E-state index < -0.39 is 5.97 Å².